The molecule has 5 rings (SSSR count). The van der Waals surface area contributed by atoms with Gasteiger partial charge >= 0.3 is 0 Å². The first-order valence-electron chi connectivity index (χ1n) is 11.1. The number of para-hydroxylation sites is 1. The summed E-state index contributed by atoms with van der Waals surface area (Å²) in [5.74, 6) is 8.98. The fraction of sp³-hybridized carbons (Fsp3) is 0.143. The number of methoxy groups -OCH3 is 1. The minimum Gasteiger partial charge on any atom is -0.493 e. The molecule has 2 N–H and O–H groups in total. The average molecular weight is 449 g/mol. The summed E-state index contributed by atoms with van der Waals surface area (Å²) >= 11 is 0. The number of anilines is 2. The van der Waals surface area contributed by atoms with Gasteiger partial charge in [0, 0.05) is 41.0 Å². The standard InChI is InChI=1S/C28H24N4O2/c1-33-27-17-23(12-14-26(27)34-24-7-3-2-4-8-24)31-28-30-19-22-16-20(11-13-25(22)32-28)9-10-21-6-5-15-29-18-21/h2-4,6-8,11-14,16-17,19,29H,5,15,18H2,1H3,(H,30,31,32). The van der Waals surface area contributed by atoms with Gasteiger partial charge in [0.1, 0.15) is 5.75 Å². The Morgan fingerprint density at radius 3 is 2.71 bits per heavy atom. The van der Waals surface area contributed by atoms with Crippen LogP contribution in [0.2, 0.25) is 0 Å². The molecule has 1 aliphatic heterocycles. The van der Waals surface area contributed by atoms with E-state index in [0.717, 1.165) is 53.0 Å². The molecule has 3 aromatic carbocycles. The van der Waals surface area contributed by atoms with Crippen LogP contribution in [0.1, 0.15) is 12.0 Å². The van der Waals surface area contributed by atoms with Crippen molar-refractivity contribution in [3.63, 3.8) is 0 Å². The number of benzene rings is 3. The molecule has 0 fully saturated rings. The Hall–Kier alpha value is -4.34. The molecule has 6 heteroatoms. The Morgan fingerprint density at radius 2 is 1.88 bits per heavy atom. The van der Waals surface area contributed by atoms with E-state index in [1.807, 2.05) is 66.7 Å². The van der Waals surface area contributed by atoms with Crippen molar-refractivity contribution < 1.29 is 9.47 Å². The van der Waals surface area contributed by atoms with Crippen molar-refractivity contribution in [2.45, 2.75) is 6.42 Å². The topological polar surface area (TPSA) is 68.3 Å². The lowest BCUT2D eigenvalue weighted by atomic mass is 10.1. The number of aromatic nitrogens is 2. The zero-order valence-electron chi connectivity index (χ0n) is 18.8. The number of nitrogens with zero attached hydrogens (tertiary/aromatic N) is 2. The van der Waals surface area contributed by atoms with Crippen LogP contribution in [0.3, 0.4) is 0 Å². The van der Waals surface area contributed by atoms with E-state index in [1.165, 1.54) is 0 Å². The molecule has 0 spiro atoms. The highest BCUT2D eigenvalue weighted by atomic mass is 16.5. The monoisotopic (exact) mass is 448 g/mol. The number of hydrogen-bond donors (Lipinski definition) is 2. The number of fused-ring (bicyclic) bond motifs is 1. The van der Waals surface area contributed by atoms with Gasteiger partial charge in [0.15, 0.2) is 11.5 Å². The quantitative estimate of drug-likeness (QED) is 0.396. The summed E-state index contributed by atoms with van der Waals surface area (Å²) in [6.45, 7) is 1.86. The molecule has 0 aliphatic carbocycles. The first kappa shape index (κ1) is 21.5. The van der Waals surface area contributed by atoms with Gasteiger partial charge in [-0.15, -0.1) is 0 Å². The number of nitrogens with one attached hydrogen (secondary N) is 2. The number of ether oxygens (including phenoxy) is 2. The van der Waals surface area contributed by atoms with E-state index in [9.17, 15) is 0 Å². The maximum atomic E-state index is 5.93. The smallest absolute Gasteiger partial charge is 0.227 e. The first-order valence-corrected chi connectivity index (χ1v) is 11.1. The molecule has 0 bridgehead atoms. The summed E-state index contributed by atoms with van der Waals surface area (Å²) in [6.07, 6.45) is 5.03. The van der Waals surface area contributed by atoms with Gasteiger partial charge in [-0.3, -0.25) is 0 Å². The van der Waals surface area contributed by atoms with Gasteiger partial charge in [-0.2, -0.15) is 0 Å². The number of hydrogen-bond acceptors (Lipinski definition) is 6. The van der Waals surface area contributed by atoms with Crippen LogP contribution in [0.5, 0.6) is 17.2 Å². The van der Waals surface area contributed by atoms with Crippen molar-refractivity contribution in [3.8, 4) is 29.1 Å². The fourth-order valence-corrected chi connectivity index (χ4v) is 3.64. The van der Waals surface area contributed by atoms with E-state index < -0.39 is 0 Å². The van der Waals surface area contributed by atoms with Crippen LogP contribution in [0.15, 0.2) is 84.6 Å². The maximum Gasteiger partial charge on any atom is 0.227 e. The minimum absolute atomic E-state index is 0.503. The minimum atomic E-state index is 0.503. The van der Waals surface area contributed by atoms with Crippen LogP contribution in [0, 0.1) is 11.8 Å². The highest BCUT2D eigenvalue weighted by Crippen LogP contribution is 2.34. The third-order valence-electron chi connectivity index (χ3n) is 5.37. The van der Waals surface area contributed by atoms with Crippen molar-refractivity contribution in [1.29, 1.82) is 0 Å². The Morgan fingerprint density at radius 1 is 0.971 bits per heavy atom. The second-order valence-electron chi connectivity index (χ2n) is 7.82. The molecule has 6 nitrogen and oxygen atoms in total. The van der Waals surface area contributed by atoms with Crippen LogP contribution >= 0.6 is 0 Å². The SMILES string of the molecule is COc1cc(Nc2ncc3cc(C#CC4=CCCNC4)ccc3n2)ccc1Oc1ccccc1. The molecule has 1 aromatic heterocycles. The zero-order chi connectivity index (χ0) is 23.2. The summed E-state index contributed by atoms with van der Waals surface area (Å²) in [5, 5.41) is 7.52. The van der Waals surface area contributed by atoms with Gasteiger partial charge in [-0.25, -0.2) is 9.97 Å². The first-order chi connectivity index (χ1) is 16.8. The third kappa shape index (κ3) is 5.17. The van der Waals surface area contributed by atoms with E-state index in [1.54, 1.807) is 13.3 Å². The molecular weight excluding hydrogens is 424 g/mol. The van der Waals surface area contributed by atoms with Crippen molar-refractivity contribution in [2.75, 3.05) is 25.5 Å². The molecule has 2 heterocycles. The Labute approximate surface area is 198 Å². The molecule has 0 radical (unpaired) electrons. The Kier molecular flexibility index (Phi) is 6.37. The molecule has 0 atom stereocenters. The molecule has 168 valence electrons. The van der Waals surface area contributed by atoms with E-state index >= 15 is 0 Å². The molecule has 0 saturated carbocycles. The average Bonchev–Trinajstić information content (AvgIpc) is 2.89. The summed E-state index contributed by atoms with van der Waals surface area (Å²) in [5.41, 5.74) is 3.73. The van der Waals surface area contributed by atoms with E-state index in [-0.39, 0.29) is 0 Å². The Balaban J connectivity index is 1.32. The second-order valence-corrected chi connectivity index (χ2v) is 7.82. The van der Waals surface area contributed by atoms with Crippen molar-refractivity contribution in [1.82, 2.24) is 15.3 Å². The van der Waals surface area contributed by atoms with Gasteiger partial charge in [-0.05, 0) is 55.4 Å². The van der Waals surface area contributed by atoms with E-state index in [0.29, 0.717) is 17.4 Å². The van der Waals surface area contributed by atoms with E-state index in [4.69, 9.17) is 9.47 Å². The van der Waals surface area contributed by atoms with E-state index in [2.05, 4.69) is 38.5 Å². The third-order valence-corrected chi connectivity index (χ3v) is 5.37. The van der Waals surface area contributed by atoms with Crippen molar-refractivity contribution in [3.05, 3.63) is 90.1 Å². The van der Waals surface area contributed by atoms with Crippen LogP contribution in [0.25, 0.3) is 10.9 Å². The Bertz CT molecular complexity index is 1400. The van der Waals surface area contributed by atoms with Crippen molar-refractivity contribution >= 4 is 22.5 Å². The molecule has 0 amide bonds. The lowest BCUT2D eigenvalue weighted by Gasteiger charge is -2.12. The predicted octanol–water partition coefficient (Wildman–Crippen LogP) is 5.45. The predicted molar refractivity (Wildman–Crippen MR) is 135 cm³/mol. The highest BCUT2D eigenvalue weighted by Gasteiger charge is 2.09. The summed E-state index contributed by atoms with van der Waals surface area (Å²) < 4.78 is 11.5. The lowest BCUT2D eigenvalue weighted by Crippen LogP contribution is -2.21. The normalized spacial score (nSPS) is 12.9. The van der Waals surface area contributed by atoms with Crippen LogP contribution in [0.4, 0.5) is 11.6 Å². The number of rotatable bonds is 5. The molecule has 34 heavy (non-hydrogen) atoms. The van der Waals surface area contributed by atoms with Gasteiger partial charge in [-0.1, -0.05) is 36.1 Å². The molecule has 0 unspecified atom stereocenters. The largest absolute Gasteiger partial charge is 0.493 e. The van der Waals surface area contributed by atoms with Crippen LogP contribution < -0.4 is 20.1 Å². The highest BCUT2D eigenvalue weighted by molar-refractivity contribution is 5.81. The lowest BCUT2D eigenvalue weighted by molar-refractivity contribution is 0.379. The van der Waals surface area contributed by atoms with Crippen LogP contribution in [-0.4, -0.2) is 30.2 Å². The van der Waals surface area contributed by atoms with Gasteiger partial charge in [0.25, 0.3) is 0 Å². The van der Waals surface area contributed by atoms with Gasteiger partial charge < -0.3 is 20.1 Å². The molecule has 1 aliphatic rings. The van der Waals surface area contributed by atoms with Gasteiger partial charge in [0.05, 0.1) is 12.6 Å². The summed E-state index contributed by atoms with van der Waals surface area (Å²) in [7, 11) is 1.62. The second kappa shape index (κ2) is 10.1. The van der Waals surface area contributed by atoms with Gasteiger partial charge in [0.2, 0.25) is 5.95 Å². The molecular formula is C28H24N4O2. The maximum absolute atomic E-state index is 5.93. The summed E-state index contributed by atoms with van der Waals surface area (Å²) in [6, 6.07) is 21.2. The molecule has 4 aromatic rings. The fourth-order valence-electron chi connectivity index (χ4n) is 3.64. The van der Waals surface area contributed by atoms with Crippen LogP contribution in [-0.2, 0) is 0 Å². The molecule has 0 saturated heterocycles. The summed E-state index contributed by atoms with van der Waals surface area (Å²) in [4.78, 5) is 9.12. The zero-order valence-corrected chi connectivity index (χ0v) is 18.8. The van der Waals surface area contributed by atoms with Crippen molar-refractivity contribution in [2.24, 2.45) is 0 Å².